The van der Waals surface area contributed by atoms with Crippen LogP contribution >= 0.6 is 0 Å². The van der Waals surface area contributed by atoms with Crippen LogP contribution < -0.4 is 10.5 Å². The predicted molar refractivity (Wildman–Crippen MR) is 171 cm³/mol. The monoisotopic (exact) mass is 625 g/mol. The van der Waals surface area contributed by atoms with Gasteiger partial charge in [0.25, 0.3) is 11.8 Å². The first-order valence-electron chi connectivity index (χ1n) is 14.8. The van der Waals surface area contributed by atoms with Crippen molar-refractivity contribution >= 4 is 27.8 Å². The van der Waals surface area contributed by atoms with Gasteiger partial charge < -0.3 is 15.3 Å². The van der Waals surface area contributed by atoms with Crippen LogP contribution in [-0.4, -0.2) is 49.3 Å². The number of aliphatic carboxylic acids is 1. The van der Waals surface area contributed by atoms with Gasteiger partial charge in [0.05, 0.1) is 17.4 Å². The minimum Gasteiger partial charge on any atom is -0.481 e. The number of benzene rings is 4. The number of carboxylic acid groups (broad SMARTS) is 1. The first-order chi connectivity index (χ1) is 21.6. The van der Waals surface area contributed by atoms with Gasteiger partial charge in [0.1, 0.15) is 0 Å². The van der Waals surface area contributed by atoms with Crippen LogP contribution in [0.25, 0.3) is 11.1 Å². The van der Waals surface area contributed by atoms with Crippen molar-refractivity contribution < 1.29 is 27.9 Å². The summed E-state index contributed by atoms with van der Waals surface area (Å²) in [7, 11) is -3.84. The number of sulfonamides is 1. The second-order valence-electron chi connectivity index (χ2n) is 11.1. The third kappa shape index (κ3) is 7.65. The second kappa shape index (κ2) is 13.9. The van der Waals surface area contributed by atoms with Crippen molar-refractivity contribution in [1.82, 2.24) is 10.2 Å². The van der Waals surface area contributed by atoms with Gasteiger partial charge in [-0.05, 0) is 77.8 Å². The highest BCUT2D eigenvalue weighted by Crippen LogP contribution is 2.32. The van der Waals surface area contributed by atoms with Gasteiger partial charge in [0.2, 0.25) is 10.0 Å². The van der Waals surface area contributed by atoms with Gasteiger partial charge >= 0.3 is 5.97 Å². The van der Waals surface area contributed by atoms with E-state index in [9.17, 15) is 27.9 Å². The Morgan fingerprint density at radius 1 is 0.822 bits per heavy atom. The zero-order valence-corrected chi connectivity index (χ0v) is 25.5. The molecule has 4 aromatic carbocycles. The van der Waals surface area contributed by atoms with Crippen molar-refractivity contribution in [3.8, 4) is 11.1 Å². The van der Waals surface area contributed by atoms with E-state index in [1.165, 1.54) is 22.6 Å². The van der Waals surface area contributed by atoms with Crippen molar-refractivity contribution in [1.29, 1.82) is 0 Å². The number of amides is 2. The normalized spacial score (nSPS) is 14.3. The highest BCUT2D eigenvalue weighted by atomic mass is 32.2. The highest BCUT2D eigenvalue weighted by Gasteiger charge is 2.25. The van der Waals surface area contributed by atoms with Gasteiger partial charge in [-0.25, -0.2) is 13.6 Å². The minimum absolute atomic E-state index is 0.0191. The Kier molecular flexibility index (Phi) is 9.75. The molecule has 9 nitrogen and oxygen atoms in total. The number of nitrogens with zero attached hydrogens (tertiary/aromatic N) is 1. The van der Waals surface area contributed by atoms with E-state index in [2.05, 4.69) is 17.4 Å². The van der Waals surface area contributed by atoms with Gasteiger partial charge in [-0.3, -0.25) is 14.4 Å². The number of fused-ring (bicyclic) bond motifs is 1. The Balaban J connectivity index is 1.41. The summed E-state index contributed by atoms with van der Waals surface area (Å²) in [5.41, 5.74) is 5.06. The average Bonchev–Trinajstić information content (AvgIpc) is 3.04. The Labute approximate surface area is 262 Å². The number of primary sulfonamides is 1. The summed E-state index contributed by atoms with van der Waals surface area (Å²) in [6, 6.07) is 28.2. The lowest BCUT2D eigenvalue weighted by molar-refractivity contribution is -0.137. The first kappa shape index (κ1) is 31.6. The molecule has 232 valence electrons. The second-order valence-corrected chi connectivity index (χ2v) is 12.6. The van der Waals surface area contributed by atoms with Gasteiger partial charge in [-0.2, -0.15) is 0 Å². The molecule has 1 aliphatic carbocycles. The average molecular weight is 626 g/mol. The fraction of sp³-hybridized carbons (Fsp3) is 0.229. The Hall–Kier alpha value is -4.80. The molecule has 10 heteroatoms. The summed E-state index contributed by atoms with van der Waals surface area (Å²) in [5, 5.41) is 17.8. The number of carboxylic acids is 1. The molecule has 0 aromatic heterocycles. The molecule has 4 aromatic rings. The number of nitrogens with one attached hydrogen (secondary N) is 1. The van der Waals surface area contributed by atoms with Gasteiger partial charge in [-0.1, -0.05) is 72.8 Å². The Morgan fingerprint density at radius 3 is 2.13 bits per heavy atom. The summed E-state index contributed by atoms with van der Waals surface area (Å²) in [4.78, 5) is 40.7. The molecule has 2 amide bonds. The first-order valence-corrected chi connectivity index (χ1v) is 16.4. The number of carbonyl (C=O) groups is 3. The lowest BCUT2D eigenvalue weighted by Crippen LogP contribution is -2.35. The SMILES string of the molecule is NS(=O)(=O)c1ccc(CCN(CCC(=O)O)C(=O)c2ccccc2-c2ccccc2C(=O)NC2CCCc3ccccc32)cc1. The maximum absolute atomic E-state index is 14.0. The molecular formula is C35H35N3O6S. The summed E-state index contributed by atoms with van der Waals surface area (Å²) in [5.74, 6) is -1.64. The van der Waals surface area contributed by atoms with E-state index >= 15 is 0 Å². The summed E-state index contributed by atoms with van der Waals surface area (Å²) in [6.45, 7) is 0.166. The van der Waals surface area contributed by atoms with Crippen LogP contribution in [0.15, 0.2) is 102 Å². The van der Waals surface area contributed by atoms with Crippen LogP contribution in [0.2, 0.25) is 0 Å². The molecule has 5 rings (SSSR count). The van der Waals surface area contributed by atoms with Crippen molar-refractivity contribution in [2.75, 3.05) is 13.1 Å². The summed E-state index contributed by atoms with van der Waals surface area (Å²) < 4.78 is 23.2. The van der Waals surface area contributed by atoms with Crippen LogP contribution in [-0.2, 0) is 27.7 Å². The number of rotatable bonds is 11. The summed E-state index contributed by atoms with van der Waals surface area (Å²) >= 11 is 0. The largest absolute Gasteiger partial charge is 0.481 e. The topological polar surface area (TPSA) is 147 Å². The molecule has 0 aliphatic heterocycles. The zero-order valence-electron chi connectivity index (χ0n) is 24.7. The molecule has 0 spiro atoms. The molecule has 4 N–H and O–H groups in total. The molecule has 0 saturated carbocycles. The molecule has 0 saturated heterocycles. The maximum atomic E-state index is 14.0. The smallest absolute Gasteiger partial charge is 0.305 e. The lowest BCUT2D eigenvalue weighted by Gasteiger charge is -2.27. The van der Waals surface area contributed by atoms with E-state index < -0.39 is 16.0 Å². The Bertz CT molecular complexity index is 1820. The lowest BCUT2D eigenvalue weighted by atomic mass is 9.87. The van der Waals surface area contributed by atoms with Crippen molar-refractivity contribution in [2.45, 2.75) is 43.0 Å². The van der Waals surface area contributed by atoms with E-state index in [0.717, 1.165) is 30.4 Å². The van der Waals surface area contributed by atoms with Gasteiger partial charge in [-0.15, -0.1) is 0 Å². The molecule has 0 radical (unpaired) electrons. The predicted octanol–water partition coefficient (Wildman–Crippen LogP) is 4.97. The van der Waals surface area contributed by atoms with E-state index in [4.69, 9.17) is 5.14 Å². The van der Waals surface area contributed by atoms with E-state index in [1.807, 2.05) is 24.3 Å². The molecule has 0 heterocycles. The van der Waals surface area contributed by atoms with Crippen molar-refractivity contribution in [3.05, 3.63) is 125 Å². The van der Waals surface area contributed by atoms with Crippen LogP contribution in [0, 0.1) is 0 Å². The summed E-state index contributed by atoms with van der Waals surface area (Å²) in [6.07, 6.45) is 2.90. The fourth-order valence-corrected chi connectivity index (χ4v) is 6.30. The number of carbonyl (C=O) groups excluding carboxylic acids is 2. The quantitative estimate of drug-likeness (QED) is 0.215. The number of hydrogen-bond acceptors (Lipinski definition) is 5. The molecular weight excluding hydrogens is 590 g/mol. The molecule has 1 atom stereocenters. The zero-order chi connectivity index (χ0) is 32.0. The Morgan fingerprint density at radius 2 is 1.44 bits per heavy atom. The molecule has 1 aliphatic rings. The number of nitrogens with two attached hydrogens (primary N) is 1. The van der Waals surface area contributed by atoms with E-state index in [0.29, 0.717) is 28.7 Å². The minimum atomic E-state index is -3.84. The number of aryl methyl sites for hydroxylation is 1. The highest BCUT2D eigenvalue weighted by molar-refractivity contribution is 7.89. The van der Waals surface area contributed by atoms with Gasteiger partial charge in [0.15, 0.2) is 0 Å². The van der Waals surface area contributed by atoms with Crippen LogP contribution in [0.1, 0.15) is 62.7 Å². The standard InChI is InChI=1S/C35H35N3O6S/c36-45(43,44)26-18-16-24(17-19-26)20-22-38(23-21-33(39)40)35(42)31-14-6-4-12-29(31)28-11-3-5-13-30(28)34(41)37-32-15-7-9-25-8-1-2-10-27(25)32/h1-6,8,10-14,16-19,32H,7,9,15,20-23H2,(H,37,41)(H,39,40)(H2,36,43,44). The van der Waals surface area contributed by atoms with Gasteiger partial charge in [0, 0.05) is 24.2 Å². The molecule has 45 heavy (non-hydrogen) atoms. The van der Waals surface area contributed by atoms with E-state index in [-0.39, 0.29) is 42.3 Å². The third-order valence-electron chi connectivity index (χ3n) is 8.10. The third-order valence-corrected chi connectivity index (χ3v) is 9.03. The van der Waals surface area contributed by atoms with E-state index in [1.54, 1.807) is 48.5 Å². The molecule has 1 unspecified atom stereocenters. The maximum Gasteiger partial charge on any atom is 0.305 e. The fourth-order valence-electron chi connectivity index (χ4n) is 5.79. The van der Waals surface area contributed by atoms with Crippen LogP contribution in [0.3, 0.4) is 0 Å². The molecule has 0 fully saturated rings. The number of hydrogen-bond donors (Lipinski definition) is 3. The van der Waals surface area contributed by atoms with Crippen LogP contribution in [0.4, 0.5) is 0 Å². The molecule has 0 bridgehead atoms. The van der Waals surface area contributed by atoms with Crippen LogP contribution in [0.5, 0.6) is 0 Å². The van der Waals surface area contributed by atoms with Crippen molar-refractivity contribution in [2.24, 2.45) is 5.14 Å². The van der Waals surface area contributed by atoms with Crippen molar-refractivity contribution in [3.63, 3.8) is 0 Å².